The molecule has 0 N–H and O–H groups in total. The fourth-order valence-electron chi connectivity index (χ4n) is 3.81. The summed E-state index contributed by atoms with van der Waals surface area (Å²) in [6.07, 6.45) is 5.67. The minimum Gasteiger partial charge on any atom is -0.465 e. The van der Waals surface area contributed by atoms with Crippen LogP contribution < -0.4 is 0 Å². The second-order valence-corrected chi connectivity index (χ2v) is 6.78. The minimum absolute atomic E-state index is 0.0588. The summed E-state index contributed by atoms with van der Waals surface area (Å²) in [4.78, 5) is 23.6. The molecule has 0 saturated carbocycles. The van der Waals surface area contributed by atoms with Crippen LogP contribution >= 0.6 is 0 Å². The number of aromatic nitrogens is 2. The summed E-state index contributed by atoms with van der Waals surface area (Å²) in [5.74, 6) is 2.52. The Morgan fingerprint density at radius 1 is 1.28 bits per heavy atom. The van der Waals surface area contributed by atoms with Crippen LogP contribution in [0, 0.1) is 13.8 Å². The van der Waals surface area contributed by atoms with Crippen molar-refractivity contribution in [3.05, 3.63) is 46.4 Å². The third-order valence-electron chi connectivity index (χ3n) is 5.04. The van der Waals surface area contributed by atoms with Crippen LogP contribution in [0.5, 0.6) is 0 Å². The molecule has 1 saturated heterocycles. The Kier molecular flexibility index (Phi) is 4.29. The summed E-state index contributed by atoms with van der Waals surface area (Å²) in [6, 6.07) is 1.86. The van der Waals surface area contributed by atoms with Gasteiger partial charge in [-0.2, -0.15) is 0 Å². The molecule has 132 valence electrons. The fraction of sp³-hybridized carbons (Fsp3) is 0.526. The first-order chi connectivity index (χ1) is 12.1. The zero-order valence-corrected chi connectivity index (χ0v) is 14.7. The highest BCUT2D eigenvalue weighted by Crippen LogP contribution is 2.31. The van der Waals surface area contributed by atoms with Crippen molar-refractivity contribution in [3.8, 4) is 0 Å². The Bertz CT molecular complexity index is 799. The van der Waals surface area contributed by atoms with Crippen molar-refractivity contribution in [1.29, 1.82) is 0 Å². The van der Waals surface area contributed by atoms with Crippen LogP contribution in [0.2, 0.25) is 0 Å². The predicted octanol–water partition coefficient (Wildman–Crippen LogP) is 2.78. The van der Waals surface area contributed by atoms with Gasteiger partial charge < -0.3 is 14.1 Å². The van der Waals surface area contributed by atoms with Crippen molar-refractivity contribution < 1.29 is 13.9 Å². The smallest absolute Gasteiger partial charge is 0.257 e. The minimum atomic E-state index is -0.206. The average molecular weight is 341 g/mol. The van der Waals surface area contributed by atoms with Crippen molar-refractivity contribution in [2.75, 3.05) is 19.7 Å². The first-order valence-electron chi connectivity index (χ1n) is 8.95. The number of hydrogen-bond donors (Lipinski definition) is 0. The number of aryl methyl sites for hydroxylation is 3. The van der Waals surface area contributed by atoms with Crippen LogP contribution in [0.15, 0.2) is 16.7 Å². The maximum absolute atomic E-state index is 13.2. The van der Waals surface area contributed by atoms with Crippen LogP contribution in [-0.2, 0) is 17.6 Å². The van der Waals surface area contributed by atoms with E-state index in [0.29, 0.717) is 25.5 Å². The van der Waals surface area contributed by atoms with Crippen LogP contribution in [-0.4, -0.2) is 40.5 Å². The lowest BCUT2D eigenvalue weighted by atomic mass is 9.94. The molecule has 2 aromatic rings. The fourth-order valence-corrected chi connectivity index (χ4v) is 3.81. The van der Waals surface area contributed by atoms with E-state index < -0.39 is 0 Å². The molecule has 25 heavy (non-hydrogen) atoms. The van der Waals surface area contributed by atoms with Gasteiger partial charge in [0.1, 0.15) is 23.4 Å². The lowest BCUT2D eigenvalue weighted by Crippen LogP contribution is -2.43. The van der Waals surface area contributed by atoms with Crippen LogP contribution in [0.1, 0.15) is 57.9 Å². The number of amides is 1. The van der Waals surface area contributed by atoms with E-state index in [1.54, 1.807) is 6.20 Å². The molecule has 2 aliphatic rings. The third-order valence-corrected chi connectivity index (χ3v) is 5.04. The third kappa shape index (κ3) is 3.06. The number of fused-ring (bicyclic) bond motifs is 1. The number of morpholine rings is 1. The van der Waals surface area contributed by atoms with Crippen LogP contribution in [0.3, 0.4) is 0 Å². The van der Waals surface area contributed by atoms with Crippen molar-refractivity contribution in [2.24, 2.45) is 0 Å². The molecule has 6 heteroatoms. The van der Waals surface area contributed by atoms with Crippen LogP contribution in [0.4, 0.5) is 0 Å². The molecule has 3 heterocycles. The Labute approximate surface area is 147 Å². The quantitative estimate of drug-likeness (QED) is 0.840. The monoisotopic (exact) mass is 341 g/mol. The summed E-state index contributed by atoms with van der Waals surface area (Å²) in [7, 11) is 0. The lowest BCUT2D eigenvalue weighted by Gasteiger charge is -2.33. The van der Waals surface area contributed by atoms with Gasteiger partial charge in [-0.3, -0.25) is 4.79 Å². The number of furan rings is 1. The zero-order chi connectivity index (χ0) is 17.4. The van der Waals surface area contributed by atoms with E-state index in [1.807, 2.05) is 24.8 Å². The second kappa shape index (κ2) is 6.59. The van der Waals surface area contributed by atoms with E-state index in [9.17, 15) is 4.79 Å². The number of carbonyl (C=O) groups is 1. The van der Waals surface area contributed by atoms with E-state index >= 15 is 0 Å². The Morgan fingerprint density at radius 2 is 2.12 bits per heavy atom. The average Bonchev–Trinajstić information content (AvgIpc) is 2.97. The van der Waals surface area contributed by atoms with Crippen molar-refractivity contribution in [2.45, 2.75) is 45.6 Å². The van der Waals surface area contributed by atoms with Gasteiger partial charge in [0.05, 0.1) is 24.4 Å². The molecule has 0 radical (unpaired) electrons. The number of hydrogen-bond acceptors (Lipinski definition) is 5. The predicted molar refractivity (Wildman–Crippen MR) is 91.5 cm³/mol. The van der Waals surface area contributed by atoms with Gasteiger partial charge in [0.25, 0.3) is 5.91 Å². The van der Waals surface area contributed by atoms with Gasteiger partial charge >= 0.3 is 0 Å². The highest BCUT2D eigenvalue weighted by atomic mass is 16.5. The van der Waals surface area contributed by atoms with Gasteiger partial charge in [-0.15, -0.1) is 0 Å². The molecular weight excluding hydrogens is 318 g/mol. The van der Waals surface area contributed by atoms with Crippen molar-refractivity contribution >= 4 is 5.91 Å². The van der Waals surface area contributed by atoms with E-state index in [2.05, 4.69) is 9.97 Å². The molecular formula is C19H23N3O3. The molecule has 0 aromatic carbocycles. The summed E-state index contributed by atoms with van der Waals surface area (Å²) >= 11 is 0. The van der Waals surface area contributed by atoms with E-state index in [-0.39, 0.29) is 12.0 Å². The van der Waals surface area contributed by atoms with Gasteiger partial charge in [0.15, 0.2) is 0 Å². The number of ether oxygens (including phenoxy) is 1. The largest absolute Gasteiger partial charge is 0.465 e. The topological polar surface area (TPSA) is 68.5 Å². The van der Waals surface area contributed by atoms with Crippen molar-refractivity contribution in [1.82, 2.24) is 14.9 Å². The Hall–Kier alpha value is -2.21. The maximum Gasteiger partial charge on any atom is 0.257 e. The van der Waals surface area contributed by atoms with Crippen molar-refractivity contribution in [3.63, 3.8) is 0 Å². The lowest BCUT2D eigenvalue weighted by molar-refractivity contribution is -0.0249. The molecule has 1 aliphatic carbocycles. The highest BCUT2D eigenvalue weighted by Gasteiger charge is 2.32. The molecule has 6 nitrogen and oxygen atoms in total. The number of nitrogens with zero attached hydrogens (tertiary/aromatic N) is 3. The Balaban J connectivity index is 1.57. The molecule has 4 rings (SSSR count). The summed E-state index contributed by atoms with van der Waals surface area (Å²) in [5, 5.41) is 0. The Morgan fingerprint density at radius 3 is 2.96 bits per heavy atom. The summed E-state index contributed by atoms with van der Waals surface area (Å²) < 4.78 is 11.7. The molecule has 1 atom stereocenters. The molecule has 1 aliphatic heterocycles. The SMILES string of the molecule is Cc1nccc([C@@H]2CN(C(=O)c3c(C)oc4c3CCCC4)CCO2)n1. The van der Waals surface area contributed by atoms with E-state index in [0.717, 1.165) is 54.0 Å². The molecule has 1 fully saturated rings. The van der Waals surface area contributed by atoms with Gasteiger partial charge in [-0.05, 0) is 39.2 Å². The molecule has 0 spiro atoms. The maximum atomic E-state index is 13.2. The van der Waals surface area contributed by atoms with E-state index in [4.69, 9.17) is 9.15 Å². The second-order valence-electron chi connectivity index (χ2n) is 6.78. The van der Waals surface area contributed by atoms with Gasteiger partial charge in [-0.25, -0.2) is 9.97 Å². The normalized spacial score (nSPS) is 20.4. The van der Waals surface area contributed by atoms with Gasteiger partial charge in [0.2, 0.25) is 0 Å². The van der Waals surface area contributed by atoms with Crippen LogP contribution in [0.25, 0.3) is 0 Å². The molecule has 0 unspecified atom stereocenters. The van der Waals surface area contributed by atoms with E-state index in [1.165, 1.54) is 0 Å². The first-order valence-corrected chi connectivity index (χ1v) is 8.95. The standard InChI is InChI=1S/C19H23N3O3/c1-12-18(14-5-3-4-6-16(14)25-12)19(23)22-9-10-24-17(11-22)15-7-8-20-13(2)21-15/h7-8,17H,3-6,9-11H2,1-2H3/t17-/m0/s1. The van der Waals surface area contributed by atoms with Gasteiger partial charge in [0, 0.05) is 24.7 Å². The van der Waals surface area contributed by atoms with Gasteiger partial charge in [-0.1, -0.05) is 0 Å². The molecule has 0 bridgehead atoms. The first kappa shape index (κ1) is 16.3. The molecule has 2 aromatic heterocycles. The number of rotatable bonds is 2. The number of carbonyl (C=O) groups excluding carboxylic acids is 1. The zero-order valence-electron chi connectivity index (χ0n) is 14.7. The molecule has 1 amide bonds. The highest BCUT2D eigenvalue weighted by molar-refractivity contribution is 5.97. The summed E-state index contributed by atoms with van der Waals surface area (Å²) in [6.45, 7) is 5.37. The summed E-state index contributed by atoms with van der Waals surface area (Å²) in [5.41, 5.74) is 2.72.